The second-order valence-corrected chi connectivity index (χ2v) is 12.0. The standard InChI is InChI=1S/C29H35N3O4S/c1-21-10-6-7-13-26(21)32(37(5,35)36)19-9-14-27(33)30-24-11-8-12-25(20-24)31-28(34)22-15-17-23(18-16-22)29(2,3)4/h6-8,10-13,15-18,20H,9,14,19H2,1-5H3,(H,30,33)(H,31,34). The van der Waals surface area contributed by atoms with E-state index >= 15 is 0 Å². The molecule has 3 rings (SSSR count). The molecule has 0 spiro atoms. The van der Waals surface area contributed by atoms with Gasteiger partial charge in [0, 0.05) is 29.9 Å². The molecule has 0 aromatic heterocycles. The Morgan fingerprint density at radius 1 is 0.865 bits per heavy atom. The van der Waals surface area contributed by atoms with Crippen LogP contribution in [0.2, 0.25) is 0 Å². The Bertz CT molecular complexity index is 1360. The number of amides is 2. The van der Waals surface area contributed by atoms with E-state index in [0.717, 1.165) is 17.4 Å². The Balaban J connectivity index is 1.57. The number of rotatable bonds is 9. The Hall–Kier alpha value is -3.65. The molecule has 0 radical (unpaired) electrons. The maximum Gasteiger partial charge on any atom is 0.255 e. The lowest BCUT2D eigenvalue weighted by Gasteiger charge is -2.24. The summed E-state index contributed by atoms with van der Waals surface area (Å²) in [5, 5.41) is 5.69. The molecule has 2 N–H and O–H groups in total. The van der Waals surface area contributed by atoms with Crippen LogP contribution in [0.3, 0.4) is 0 Å². The third-order valence-corrected chi connectivity index (χ3v) is 7.15. The molecule has 3 aromatic carbocycles. The maximum atomic E-state index is 12.7. The average Bonchev–Trinajstić information content (AvgIpc) is 2.81. The molecule has 0 bridgehead atoms. The third kappa shape index (κ3) is 7.92. The van der Waals surface area contributed by atoms with Crippen molar-refractivity contribution in [2.24, 2.45) is 0 Å². The number of anilines is 3. The van der Waals surface area contributed by atoms with E-state index in [0.29, 0.717) is 29.0 Å². The molecule has 0 aliphatic heterocycles. The monoisotopic (exact) mass is 521 g/mol. The molecule has 7 nitrogen and oxygen atoms in total. The van der Waals surface area contributed by atoms with Crippen molar-refractivity contribution in [2.75, 3.05) is 27.7 Å². The highest BCUT2D eigenvalue weighted by molar-refractivity contribution is 7.92. The van der Waals surface area contributed by atoms with Crippen molar-refractivity contribution in [1.29, 1.82) is 0 Å². The Labute approximate surface area is 220 Å². The van der Waals surface area contributed by atoms with E-state index in [4.69, 9.17) is 0 Å². The van der Waals surface area contributed by atoms with E-state index in [9.17, 15) is 18.0 Å². The highest BCUT2D eigenvalue weighted by Gasteiger charge is 2.19. The van der Waals surface area contributed by atoms with E-state index in [2.05, 4.69) is 31.4 Å². The minimum absolute atomic E-state index is 0.00508. The van der Waals surface area contributed by atoms with Gasteiger partial charge in [0.1, 0.15) is 0 Å². The van der Waals surface area contributed by atoms with Gasteiger partial charge in [0.15, 0.2) is 0 Å². The average molecular weight is 522 g/mol. The van der Waals surface area contributed by atoms with Crippen LogP contribution >= 0.6 is 0 Å². The normalized spacial score (nSPS) is 11.6. The number of benzene rings is 3. The molecule has 0 heterocycles. The lowest BCUT2D eigenvalue weighted by molar-refractivity contribution is -0.116. The van der Waals surface area contributed by atoms with Gasteiger partial charge < -0.3 is 10.6 Å². The van der Waals surface area contributed by atoms with Gasteiger partial charge in [0.25, 0.3) is 5.91 Å². The quantitative estimate of drug-likeness (QED) is 0.376. The van der Waals surface area contributed by atoms with Crippen LogP contribution in [0, 0.1) is 6.92 Å². The molecule has 0 aliphatic rings. The van der Waals surface area contributed by atoms with Crippen molar-refractivity contribution in [3.05, 3.63) is 89.5 Å². The number of nitrogens with one attached hydrogen (secondary N) is 2. The largest absolute Gasteiger partial charge is 0.326 e. The molecule has 0 saturated carbocycles. The first kappa shape index (κ1) is 27.9. The van der Waals surface area contributed by atoms with Crippen LogP contribution in [0.1, 0.15) is 55.1 Å². The first-order chi connectivity index (χ1) is 17.3. The Morgan fingerprint density at radius 3 is 2.08 bits per heavy atom. The number of para-hydroxylation sites is 1. The van der Waals surface area contributed by atoms with E-state index in [1.165, 1.54) is 4.31 Å². The van der Waals surface area contributed by atoms with Gasteiger partial charge in [-0.2, -0.15) is 0 Å². The van der Waals surface area contributed by atoms with Crippen LogP contribution in [-0.2, 0) is 20.2 Å². The van der Waals surface area contributed by atoms with E-state index in [-0.39, 0.29) is 30.2 Å². The molecule has 0 unspecified atom stereocenters. The molecule has 2 amide bonds. The highest BCUT2D eigenvalue weighted by Crippen LogP contribution is 2.24. The molecule has 196 valence electrons. The minimum atomic E-state index is -3.49. The zero-order valence-corrected chi connectivity index (χ0v) is 22.9. The molecule has 0 saturated heterocycles. The molecule has 0 aliphatic carbocycles. The van der Waals surface area contributed by atoms with Crippen LogP contribution in [0.25, 0.3) is 0 Å². The minimum Gasteiger partial charge on any atom is -0.326 e. The van der Waals surface area contributed by atoms with Crippen LogP contribution in [0.5, 0.6) is 0 Å². The number of carbonyl (C=O) groups is 2. The van der Waals surface area contributed by atoms with Crippen molar-refractivity contribution < 1.29 is 18.0 Å². The van der Waals surface area contributed by atoms with Crippen LogP contribution in [0.4, 0.5) is 17.1 Å². The zero-order valence-electron chi connectivity index (χ0n) is 22.0. The lowest BCUT2D eigenvalue weighted by atomic mass is 9.87. The fourth-order valence-electron chi connectivity index (χ4n) is 3.91. The summed E-state index contributed by atoms with van der Waals surface area (Å²) >= 11 is 0. The molecule has 37 heavy (non-hydrogen) atoms. The lowest BCUT2D eigenvalue weighted by Crippen LogP contribution is -2.32. The van der Waals surface area contributed by atoms with Crippen LogP contribution < -0.4 is 14.9 Å². The van der Waals surface area contributed by atoms with Gasteiger partial charge in [-0.25, -0.2) is 8.42 Å². The first-order valence-electron chi connectivity index (χ1n) is 12.2. The van der Waals surface area contributed by atoms with E-state index in [1.807, 2.05) is 31.2 Å². The van der Waals surface area contributed by atoms with E-state index in [1.54, 1.807) is 48.5 Å². The van der Waals surface area contributed by atoms with Crippen molar-refractivity contribution in [3.63, 3.8) is 0 Å². The number of sulfonamides is 1. The topological polar surface area (TPSA) is 95.6 Å². The zero-order chi connectivity index (χ0) is 27.2. The number of aryl methyl sites for hydroxylation is 1. The summed E-state index contributed by atoms with van der Waals surface area (Å²) in [5.41, 5.74) is 4.27. The third-order valence-electron chi connectivity index (χ3n) is 5.97. The molecular formula is C29H35N3O4S. The van der Waals surface area contributed by atoms with Gasteiger partial charge in [-0.05, 0) is 66.3 Å². The maximum absolute atomic E-state index is 12.7. The molecule has 0 fully saturated rings. The van der Waals surface area contributed by atoms with Gasteiger partial charge in [0.2, 0.25) is 15.9 Å². The summed E-state index contributed by atoms with van der Waals surface area (Å²) in [6.45, 7) is 8.41. The molecule has 3 aromatic rings. The van der Waals surface area contributed by atoms with Crippen molar-refractivity contribution in [2.45, 2.75) is 46.0 Å². The van der Waals surface area contributed by atoms with Crippen molar-refractivity contribution in [1.82, 2.24) is 0 Å². The van der Waals surface area contributed by atoms with Gasteiger partial charge in [-0.3, -0.25) is 13.9 Å². The Morgan fingerprint density at radius 2 is 1.49 bits per heavy atom. The number of hydrogen-bond acceptors (Lipinski definition) is 4. The summed E-state index contributed by atoms with van der Waals surface area (Å²) in [4.78, 5) is 25.2. The summed E-state index contributed by atoms with van der Waals surface area (Å²) in [7, 11) is -3.49. The van der Waals surface area contributed by atoms with Gasteiger partial charge >= 0.3 is 0 Å². The summed E-state index contributed by atoms with van der Waals surface area (Å²) in [6, 6.07) is 21.7. The van der Waals surface area contributed by atoms with Crippen LogP contribution in [-0.4, -0.2) is 33.0 Å². The second-order valence-electron chi connectivity index (χ2n) is 10.1. The van der Waals surface area contributed by atoms with Gasteiger partial charge in [-0.1, -0.05) is 57.2 Å². The van der Waals surface area contributed by atoms with Crippen molar-refractivity contribution >= 4 is 38.9 Å². The predicted octanol–water partition coefficient (Wildman–Crippen LogP) is 5.73. The summed E-state index contributed by atoms with van der Waals surface area (Å²) in [5.74, 6) is -0.472. The summed E-state index contributed by atoms with van der Waals surface area (Å²) < 4.78 is 26.0. The van der Waals surface area contributed by atoms with E-state index < -0.39 is 10.0 Å². The summed E-state index contributed by atoms with van der Waals surface area (Å²) in [6.07, 6.45) is 1.67. The van der Waals surface area contributed by atoms with Gasteiger partial charge in [-0.15, -0.1) is 0 Å². The number of nitrogens with zero attached hydrogens (tertiary/aromatic N) is 1. The van der Waals surface area contributed by atoms with Crippen molar-refractivity contribution in [3.8, 4) is 0 Å². The molecular weight excluding hydrogens is 486 g/mol. The highest BCUT2D eigenvalue weighted by atomic mass is 32.2. The van der Waals surface area contributed by atoms with Gasteiger partial charge in [0.05, 0.1) is 11.9 Å². The number of carbonyl (C=O) groups excluding carboxylic acids is 2. The molecule has 8 heteroatoms. The first-order valence-corrected chi connectivity index (χ1v) is 14.0. The smallest absolute Gasteiger partial charge is 0.255 e. The predicted molar refractivity (Wildman–Crippen MR) is 151 cm³/mol. The second kappa shape index (κ2) is 11.6. The SMILES string of the molecule is Cc1ccccc1N(CCCC(=O)Nc1cccc(NC(=O)c2ccc(C(C)(C)C)cc2)c1)S(C)(=O)=O. The Kier molecular flexibility index (Phi) is 8.76. The molecule has 0 atom stereocenters. The fraction of sp³-hybridized carbons (Fsp3) is 0.310. The van der Waals surface area contributed by atoms with Crippen LogP contribution in [0.15, 0.2) is 72.8 Å². The fourth-order valence-corrected chi connectivity index (χ4v) is 4.94. The number of hydrogen-bond donors (Lipinski definition) is 2.